The summed E-state index contributed by atoms with van der Waals surface area (Å²) in [5.41, 5.74) is -0.278. The van der Waals surface area contributed by atoms with Gasteiger partial charge in [-0.15, -0.1) is 0 Å². The lowest BCUT2D eigenvalue weighted by Crippen LogP contribution is -2.29. The van der Waals surface area contributed by atoms with Crippen LogP contribution in [0.25, 0.3) is 0 Å². The maximum atomic E-state index is 11.9. The van der Waals surface area contributed by atoms with E-state index in [4.69, 9.17) is 21.8 Å². The second kappa shape index (κ2) is 6.33. The van der Waals surface area contributed by atoms with Crippen molar-refractivity contribution >= 4 is 27.6 Å². The monoisotopic (exact) mass is 307 g/mol. The molecule has 8 heteroatoms. The molecule has 0 amide bonds. The van der Waals surface area contributed by atoms with Gasteiger partial charge in [0.1, 0.15) is 0 Å². The Morgan fingerprint density at radius 3 is 2.63 bits per heavy atom. The lowest BCUT2D eigenvalue weighted by Gasteiger charge is -2.11. The van der Waals surface area contributed by atoms with Crippen molar-refractivity contribution in [2.24, 2.45) is 5.92 Å². The molecule has 1 aromatic rings. The van der Waals surface area contributed by atoms with Crippen LogP contribution >= 0.6 is 11.6 Å². The smallest absolute Gasteiger partial charge is 0.337 e. The molecule has 19 heavy (non-hydrogen) atoms. The Hall–Kier alpha value is -1.15. The van der Waals surface area contributed by atoms with Crippen LogP contribution in [0.2, 0.25) is 5.02 Å². The van der Waals surface area contributed by atoms with Crippen molar-refractivity contribution in [3.05, 3.63) is 28.8 Å². The zero-order valence-corrected chi connectivity index (χ0v) is 11.7. The lowest BCUT2D eigenvalue weighted by molar-refractivity contribution is 0.0697. The molecule has 0 saturated carbocycles. The molecule has 3 N–H and O–H groups in total. The Morgan fingerprint density at radius 2 is 2.11 bits per heavy atom. The molecule has 0 aliphatic heterocycles. The molecule has 0 heterocycles. The van der Waals surface area contributed by atoms with Crippen molar-refractivity contribution in [3.63, 3.8) is 0 Å². The highest BCUT2D eigenvalue weighted by atomic mass is 35.5. The SMILES string of the molecule is CC(CO)CNS(=O)(=O)c1ccc(Cl)c(C(=O)O)c1. The van der Waals surface area contributed by atoms with Gasteiger partial charge in [0.2, 0.25) is 10.0 Å². The average Bonchev–Trinajstić information content (AvgIpc) is 2.35. The summed E-state index contributed by atoms with van der Waals surface area (Å²) in [6, 6.07) is 3.44. The predicted molar refractivity (Wildman–Crippen MR) is 69.8 cm³/mol. The second-order valence-electron chi connectivity index (χ2n) is 4.09. The van der Waals surface area contributed by atoms with Crippen molar-refractivity contribution in [1.82, 2.24) is 4.72 Å². The molecule has 0 spiro atoms. The first kappa shape index (κ1) is 15.9. The molecule has 6 nitrogen and oxygen atoms in total. The Labute approximate surface area is 116 Å². The zero-order chi connectivity index (χ0) is 14.6. The molecule has 1 aromatic carbocycles. The van der Waals surface area contributed by atoms with E-state index in [-0.39, 0.29) is 34.6 Å². The molecule has 1 atom stereocenters. The van der Waals surface area contributed by atoms with Gasteiger partial charge in [0.15, 0.2) is 0 Å². The fourth-order valence-electron chi connectivity index (χ4n) is 1.24. The molecule has 106 valence electrons. The number of aliphatic hydroxyl groups excluding tert-OH is 1. The van der Waals surface area contributed by atoms with Crippen LogP contribution in [0.5, 0.6) is 0 Å². The second-order valence-corrected chi connectivity index (χ2v) is 6.26. The normalized spacial score (nSPS) is 13.2. The van der Waals surface area contributed by atoms with E-state index in [0.717, 1.165) is 6.07 Å². The molecule has 0 saturated heterocycles. The van der Waals surface area contributed by atoms with Crippen LogP contribution < -0.4 is 4.72 Å². The Bertz CT molecular complexity index is 572. The van der Waals surface area contributed by atoms with E-state index in [0.29, 0.717) is 0 Å². The van der Waals surface area contributed by atoms with Gasteiger partial charge < -0.3 is 10.2 Å². The first-order chi connectivity index (χ1) is 8.77. The third kappa shape index (κ3) is 4.17. The fourth-order valence-corrected chi connectivity index (χ4v) is 2.62. The molecule has 1 unspecified atom stereocenters. The predicted octanol–water partition coefficient (Wildman–Crippen LogP) is 0.945. The van der Waals surface area contributed by atoms with E-state index in [2.05, 4.69) is 4.72 Å². The van der Waals surface area contributed by atoms with E-state index in [1.54, 1.807) is 6.92 Å². The number of hydrogen-bond acceptors (Lipinski definition) is 4. The van der Waals surface area contributed by atoms with E-state index >= 15 is 0 Å². The van der Waals surface area contributed by atoms with Gasteiger partial charge in [-0.3, -0.25) is 0 Å². The van der Waals surface area contributed by atoms with E-state index < -0.39 is 16.0 Å². The number of rotatable bonds is 6. The Morgan fingerprint density at radius 1 is 1.47 bits per heavy atom. The van der Waals surface area contributed by atoms with Crippen LogP contribution in [0.4, 0.5) is 0 Å². The number of carbonyl (C=O) groups is 1. The summed E-state index contributed by atoms with van der Waals surface area (Å²) in [5, 5.41) is 17.7. The maximum absolute atomic E-state index is 11.9. The number of benzene rings is 1. The number of carboxylic acid groups (broad SMARTS) is 1. The summed E-state index contributed by atoms with van der Waals surface area (Å²) in [6.07, 6.45) is 0. The van der Waals surface area contributed by atoms with E-state index in [9.17, 15) is 13.2 Å². The first-order valence-electron chi connectivity index (χ1n) is 5.41. The molecule has 0 aliphatic carbocycles. The highest BCUT2D eigenvalue weighted by molar-refractivity contribution is 7.89. The van der Waals surface area contributed by atoms with Gasteiger partial charge >= 0.3 is 5.97 Å². The largest absolute Gasteiger partial charge is 0.478 e. The van der Waals surface area contributed by atoms with Gasteiger partial charge in [-0.05, 0) is 24.1 Å². The lowest BCUT2D eigenvalue weighted by atomic mass is 10.2. The molecule has 0 radical (unpaired) electrons. The highest BCUT2D eigenvalue weighted by Gasteiger charge is 2.18. The number of sulfonamides is 1. The minimum absolute atomic E-state index is 0.0322. The summed E-state index contributed by atoms with van der Waals surface area (Å²) in [5.74, 6) is -1.54. The third-order valence-electron chi connectivity index (χ3n) is 2.41. The highest BCUT2D eigenvalue weighted by Crippen LogP contribution is 2.20. The first-order valence-corrected chi connectivity index (χ1v) is 7.27. The number of hydrogen-bond donors (Lipinski definition) is 3. The molecule has 0 aliphatic rings. The van der Waals surface area contributed by atoms with Crippen molar-refractivity contribution in [2.45, 2.75) is 11.8 Å². The van der Waals surface area contributed by atoms with Crippen LogP contribution in [0, 0.1) is 5.92 Å². The number of carboxylic acids is 1. The average molecular weight is 308 g/mol. The summed E-state index contributed by atoms with van der Waals surface area (Å²) < 4.78 is 26.1. The Balaban J connectivity index is 3.02. The summed E-state index contributed by atoms with van der Waals surface area (Å²) in [4.78, 5) is 10.7. The van der Waals surface area contributed by atoms with Crippen LogP contribution in [0.15, 0.2) is 23.1 Å². The standard InChI is InChI=1S/C11H14ClNO5S/c1-7(6-14)5-13-19(17,18)8-2-3-10(12)9(4-8)11(15)16/h2-4,7,13-14H,5-6H2,1H3,(H,15,16). The van der Waals surface area contributed by atoms with Crippen molar-refractivity contribution in [1.29, 1.82) is 0 Å². The van der Waals surface area contributed by atoms with Gasteiger partial charge in [-0.1, -0.05) is 18.5 Å². The van der Waals surface area contributed by atoms with Crippen molar-refractivity contribution in [3.8, 4) is 0 Å². The minimum Gasteiger partial charge on any atom is -0.478 e. The van der Waals surface area contributed by atoms with Crippen LogP contribution in [0.1, 0.15) is 17.3 Å². The number of halogens is 1. The van der Waals surface area contributed by atoms with E-state index in [1.807, 2.05) is 0 Å². The van der Waals surface area contributed by atoms with E-state index in [1.165, 1.54) is 12.1 Å². The molecule has 1 rings (SSSR count). The summed E-state index contributed by atoms with van der Waals surface area (Å²) >= 11 is 5.66. The third-order valence-corrected chi connectivity index (χ3v) is 4.16. The molecular weight excluding hydrogens is 294 g/mol. The van der Waals surface area contributed by atoms with Crippen LogP contribution in [-0.2, 0) is 10.0 Å². The zero-order valence-electron chi connectivity index (χ0n) is 10.1. The molecule has 0 bridgehead atoms. The summed E-state index contributed by atoms with van der Waals surface area (Å²) in [7, 11) is -3.82. The fraction of sp³-hybridized carbons (Fsp3) is 0.364. The van der Waals surface area contributed by atoms with Gasteiger partial charge in [0, 0.05) is 13.2 Å². The van der Waals surface area contributed by atoms with Crippen molar-refractivity contribution < 1.29 is 23.4 Å². The minimum atomic E-state index is -3.82. The van der Waals surface area contributed by atoms with Gasteiger partial charge in [0.25, 0.3) is 0 Å². The summed E-state index contributed by atoms with van der Waals surface area (Å²) in [6.45, 7) is 1.58. The van der Waals surface area contributed by atoms with Gasteiger partial charge in [-0.25, -0.2) is 17.9 Å². The number of nitrogens with one attached hydrogen (secondary N) is 1. The van der Waals surface area contributed by atoms with Crippen LogP contribution in [-0.4, -0.2) is 37.8 Å². The molecular formula is C11H14ClNO5S. The van der Waals surface area contributed by atoms with Gasteiger partial charge in [-0.2, -0.15) is 0 Å². The molecule has 0 aromatic heterocycles. The quantitative estimate of drug-likeness (QED) is 0.726. The topological polar surface area (TPSA) is 104 Å². The Kier molecular flexibility index (Phi) is 5.30. The number of aliphatic hydroxyl groups is 1. The van der Waals surface area contributed by atoms with Crippen LogP contribution in [0.3, 0.4) is 0 Å². The number of aromatic carboxylic acids is 1. The molecule has 0 fully saturated rings. The van der Waals surface area contributed by atoms with Gasteiger partial charge in [0.05, 0.1) is 15.5 Å². The van der Waals surface area contributed by atoms with Crippen molar-refractivity contribution in [2.75, 3.05) is 13.2 Å². The maximum Gasteiger partial charge on any atom is 0.337 e.